The van der Waals surface area contributed by atoms with Gasteiger partial charge in [-0.25, -0.2) is 0 Å². The van der Waals surface area contributed by atoms with E-state index in [0.29, 0.717) is 0 Å². The Balaban J connectivity index is 1.10. The zero-order valence-corrected chi connectivity index (χ0v) is 26.1. The van der Waals surface area contributed by atoms with Gasteiger partial charge in [-0.1, -0.05) is 152 Å². The van der Waals surface area contributed by atoms with Crippen molar-refractivity contribution in [1.82, 2.24) is 0 Å². The van der Waals surface area contributed by atoms with Gasteiger partial charge in [0.05, 0.1) is 0 Å². The summed E-state index contributed by atoms with van der Waals surface area (Å²) in [6.07, 6.45) is 5.55. The van der Waals surface area contributed by atoms with Crippen LogP contribution in [0.15, 0.2) is 164 Å². The molecule has 1 aromatic heterocycles. The fourth-order valence-corrected chi connectivity index (χ4v) is 8.20. The first-order valence-electron chi connectivity index (χ1n) is 15.9. The fraction of sp³-hybridized carbons (Fsp3) is 0.0222. The third-order valence-electron chi connectivity index (χ3n) is 9.32. The van der Waals surface area contributed by atoms with Gasteiger partial charge >= 0.3 is 0 Å². The molecule has 0 atom stereocenters. The molecule has 0 nitrogen and oxygen atoms in total. The summed E-state index contributed by atoms with van der Waals surface area (Å²) in [7, 11) is 0. The van der Waals surface area contributed by atoms with E-state index in [9.17, 15) is 0 Å². The normalized spacial score (nSPS) is 11.9. The Kier molecular flexibility index (Phi) is 6.51. The molecule has 0 aliphatic rings. The van der Waals surface area contributed by atoms with Crippen LogP contribution in [0.25, 0.3) is 80.8 Å². The van der Waals surface area contributed by atoms with E-state index in [1.54, 1.807) is 0 Å². The van der Waals surface area contributed by atoms with Gasteiger partial charge in [-0.3, -0.25) is 0 Å². The molecular formula is C45H30S. The Bertz CT molecular complexity index is 2580. The second kappa shape index (κ2) is 11.1. The van der Waals surface area contributed by atoms with E-state index in [4.69, 9.17) is 0 Å². The number of fused-ring (bicyclic) bond motifs is 7. The molecule has 0 saturated heterocycles. The van der Waals surface area contributed by atoms with Gasteiger partial charge in [0.1, 0.15) is 0 Å². The van der Waals surface area contributed by atoms with Gasteiger partial charge in [0.25, 0.3) is 0 Å². The van der Waals surface area contributed by atoms with Gasteiger partial charge in [0, 0.05) is 20.2 Å². The monoisotopic (exact) mass is 602 g/mol. The van der Waals surface area contributed by atoms with Crippen LogP contribution >= 0.6 is 11.3 Å². The third kappa shape index (κ3) is 4.52. The Morgan fingerprint density at radius 2 is 1.11 bits per heavy atom. The standard InChI is InChI=1S/C45H30S/c1-2-13-33(14-3-1)44-39-18-7-6-16-36(39)37(40-27-25-32-12-4-5-15-35(32)45(40)44)19-10-11-30-21-23-31(24-22-30)34-26-28-43-41(29-34)38-17-8-9-20-42(38)46-43/h1-10,12-29H,11H2/b19-10+. The Hall–Kier alpha value is -5.50. The number of benzene rings is 8. The van der Waals surface area contributed by atoms with Crippen LogP contribution in [0, 0.1) is 0 Å². The van der Waals surface area contributed by atoms with Crippen LogP contribution in [0.3, 0.4) is 0 Å². The molecule has 9 rings (SSSR count). The molecule has 1 heteroatoms. The molecule has 0 N–H and O–H groups in total. The summed E-state index contributed by atoms with van der Waals surface area (Å²) in [5.74, 6) is 0. The first kappa shape index (κ1) is 26.9. The van der Waals surface area contributed by atoms with Crippen LogP contribution in [0.5, 0.6) is 0 Å². The maximum Gasteiger partial charge on any atom is 0.0355 e. The van der Waals surface area contributed by atoms with Crippen molar-refractivity contribution < 1.29 is 0 Å². The molecule has 0 fully saturated rings. The van der Waals surface area contributed by atoms with Crippen LogP contribution in [0.1, 0.15) is 11.1 Å². The van der Waals surface area contributed by atoms with Crippen LogP contribution < -0.4 is 0 Å². The second-order valence-corrected chi connectivity index (χ2v) is 13.1. The zero-order valence-electron chi connectivity index (χ0n) is 25.3. The van der Waals surface area contributed by atoms with Crippen LogP contribution in [0.4, 0.5) is 0 Å². The van der Waals surface area contributed by atoms with Crippen molar-refractivity contribution >= 4 is 69.9 Å². The molecule has 0 aliphatic heterocycles. The molecule has 0 unspecified atom stereocenters. The van der Waals surface area contributed by atoms with Crippen molar-refractivity contribution in [2.75, 3.05) is 0 Å². The average Bonchev–Trinajstić information content (AvgIpc) is 3.50. The van der Waals surface area contributed by atoms with Crippen LogP contribution in [-0.4, -0.2) is 0 Å². The topological polar surface area (TPSA) is 0 Å². The predicted octanol–water partition coefficient (Wildman–Crippen LogP) is 13.1. The molecule has 9 aromatic rings. The minimum Gasteiger partial charge on any atom is -0.135 e. The molecule has 46 heavy (non-hydrogen) atoms. The number of thiophene rings is 1. The maximum absolute atomic E-state index is 2.35. The highest BCUT2D eigenvalue weighted by Gasteiger charge is 2.16. The van der Waals surface area contributed by atoms with Crippen molar-refractivity contribution in [3.8, 4) is 22.3 Å². The van der Waals surface area contributed by atoms with Gasteiger partial charge in [-0.2, -0.15) is 0 Å². The van der Waals surface area contributed by atoms with E-state index < -0.39 is 0 Å². The number of hydrogen-bond donors (Lipinski definition) is 0. The van der Waals surface area contributed by atoms with Crippen molar-refractivity contribution in [3.63, 3.8) is 0 Å². The lowest BCUT2D eigenvalue weighted by Crippen LogP contribution is -1.91. The molecular weight excluding hydrogens is 573 g/mol. The third-order valence-corrected chi connectivity index (χ3v) is 10.5. The van der Waals surface area contributed by atoms with Crippen molar-refractivity contribution in [2.24, 2.45) is 0 Å². The highest BCUT2D eigenvalue weighted by molar-refractivity contribution is 7.25. The molecule has 1 heterocycles. The minimum atomic E-state index is 0.873. The molecule has 8 aromatic carbocycles. The molecule has 0 amide bonds. The first-order chi connectivity index (χ1) is 22.8. The van der Waals surface area contributed by atoms with Crippen molar-refractivity contribution in [1.29, 1.82) is 0 Å². The SMILES string of the molecule is C(=C\c1c2ccccc2c(-c2ccccc2)c2c1ccc1ccccc12)/Cc1ccc(-c2ccc3sc4ccccc4c3c2)cc1. The molecule has 0 spiro atoms. The Morgan fingerprint density at radius 1 is 0.435 bits per heavy atom. The van der Waals surface area contributed by atoms with Crippen molar-refractivity contribution in [3.05, 3.63) is 175 Å². The number of allylic oxidation sites excluding steroid dienone is 1. The smallest absolute Gasteiger partial charge is 0.0355 e. The maximum atomic E-state index is 2.35. The van der Waals surface area contributed by atoms with Gasteiger partial charge in [-0.05, 0) is 90.3 Å². The van der Waals surface area contributed by atoms with Gasteiger partial charge in [0.15, 0.2) is 0 Å². The van der Waals surface area contributed by atoms with E-state index in [2.05, 4.69) is 170 Å². The van der Waals surface area contributed by atoms with Gasteiger partial charge < -0.3 is 0 Å². The van der Waals surface area contributed by atoms with Gasteiger partial charge in [-0.15, -0.1) is 11.3 Å². The van der Waals surface area contributed by atoms with Crippen LogP contribution in [0.2, 0.25) is 0 Å². The highest BCUT2D eigenvalue weighted by atomic mass is 32.1. The summed E-state index contributed by atoms with van der Waals surface area (Å²) < 4.78 is 2.69. The summed E-state index contributed by atoms with van der Waals surface area (Å²) in [4.78, 5) is 0. The average molecular weight is 603 g/mol. The summed E-state index contributed by atoms with van der Waals surface area (Å²) in [5.41, 5.74) is 7.67. The van der Waals surface area contributed by atoms with E-state index >= 15 is 0 Å². The van der Waals surface area contributed by atoms with E-state index in [1.807, 2.05) is 11.3 Å². The molecule has 0 bridgehead atoms. The van der Waals surface area contributed by atoms with Gasteiger partial charge in [0.2, 0.25) is 0 Å². The minimum absolute atomic E-state index is 0.873. The Labute approximate surface area is 272 Å². The molecule has 216 valence electrons. The summed E-state index contributed by atoms with van der Waals surface area (Å²) in [5, 5.41) is 10.4. The zero-order chi connectivity index (χ0) is 30.5. The molecule has 0 radical (unpaired) electrons. The summed E-state index contributed by atoms with van der Waals surface area (Å²) in [6, 6.07) is 57.8. The lowest BCUT2D eigenvalue weighted by Gasteiger charge is -2.17. The summed E-state index contributed by atoms with van der Waals surface area (Å²) >= 11 is 1.87. The lowest BCUT2D eigenvalue weighted by molar-refractivity contribution is 1.28. The fourth-order valence-electron chi connectivity index (χ4n) is 7.12. The first-order valence-corrected chi connectivity index (χ1v) is 16.7. The van der Waals surface area contributed by atoms with Crippen molar-refractivity contribution in [2.45, 2.75) is 6.42 Å². The van der Waals surface area contributed by atoms with E-state index in [0.717, 1.165) is 6.42 Å². The highest BCUT2D eigenvalue weighted by Crippen LogP contribution is 2.43. The predicted molar refractivity (Wildman–Crippen MR) is 202 cm³/mol. The second-order valence-electron chi connectivity index (χ2n) is 12.0. The number of hydrogen-bond acceptors (Lipinski definition) is 1. The van der Waals surface area contributed by atoms with E-state index in [-0.39, 0.29) is 0 Å². The summed E-state index contributed by atoms with van der Waals surface area (Å²) in [6.45, 7) is 0. The number of rotatable bonds is 5. The molecule has 0 saturated carbocycles. The molecule has 0 aliphatic carbocycles. The van der Waals surface area contributed by atoms with E-state index in [1.165, 1.54) is 85.9 Å². The Morgan fingerprint density at radius 3 is 1.96 bits per heavy atom. The van der Waals surface area contributed by atoms with Crippen LogP contribution in [-0.2, 0) is 6.42 Å². The largest absolute Gasteiger partial charge is 0.135 e. The lowest BCUT2D eigenvalue weighted by atomic mass is 9.86. The quantitative estimate of drug-likeness (QED) is 0.136.